The lowest BCUT2D eigenvalue weighted by Gasteiger charge is -2.26. The van der Waals surface area contributed by atoms with Crippen molar-refractivity contribution in [3.8, 4) is 0 Å². The van der Waals surface area contributed by atoms with Gasteiger partial charge in [0.05, 0.1) is 38.0 Å². The maximum atomic E-state index is 5.96. The van der Waals surface area contributed by atoms with Gasteiger partial charge in [0.25, 0.3) is 0 Å². The highest BCUT2D eigenvalue weighted by atomic mass is 16.5. The van der Waals surface area contributed by atoms with Crippen LogP contribution in [0, 0.1) is 0 Å². The molecule has 0 bridgehead atoms. The van der Waals surface area contributed by atoms with E-state index in [-0.39, 0.29) is 6.10 Å². The molecule has 3 rings (SSSR count). The molecule has 96 valence electrons. The molecule has 18 heavy (non-hydrogen) atoms. The number of likely N-dealkylation sites (N-methyl/N-ethyl adjacent to an activating group) is 1. The standard InChI is InChI=1S/C14H19N3O/c1-3-16(2)10-13-14-11-6-4-5-7-12(11)15-17(14)8-9-18-13/h4-7,13H,3,8-10H2,1-2H3/p+1. The van der Waals surface area contributed by atoms with Crippen LogP contribution in [0.3, 0.4) is 0 Å². The van der Waals surface area contributed by atoms with Crippen molar-refractivity contribution < 1.29 is 9.64 Å². The Balaban J connectivity index is 2.03. The predicted molar refractivity (Wildman–Crippen MR) is 70.7 cm³/mol. The highest BCUT2D eigenvalue weighted by Crippen LogP contribution is 2.28. The third kappa shape index (κ3) is 1.91. The third-order valence-electron chi connectivity index (χ3n) is 3.75. The summed E-state index contributed by atoms with van der Waals surface area (Å²) in [6.07, 6.45) is 0.172. The Labute approximate surface area is 107 Å². The van der Waals surface area contributed by atoms with Gasteiger partial charge in [0.1, 0.15) is 12.6 Å². The van der Waals surface area contributed by atoms with E-state index in [2.05, 4.69) is 42.0 Å². The van der Waals surface area contributed by atoms with Gasteiger partial charge in [-0.3, -0.25) is 4.68 Å². The Morgan fingerprint density at radius 3 is 3.11 bits per heavy atom. The Morgan fingerprint density at radius 1 is 1.44 bits per heavy atom. The molecule has 2 atom stereocenters. The molecule has 1 N–H and O–H groups in total. The monoisotopic (exact) mass is 246 g/mol. The normalized spacial score (nSPS) is 20.9. The van der Waals surface area contributed by atoms with Crippen LogP contribution < -0.4 is 4.90 Å². The third-order valence-corrected chi connectivity index (χ3v) is 3.75. The van der Waals surface area contributed by atoms with E-state index in [9.17, 15) is 0 Å². The first kappa shape index (κ1) is 11.7. The van der Waals surface area contributed by atoms with E-state index in [0.717, 1.165) is 31.8 Å². The molecular weight excluding hydrogens is 226 g/mol. The fraction of sp³-hybridized carbons (Fsp3) is 0.500. The molecule has 0 saturated heterocycles. The van der Waals surface area contributed by atoms with Crippen LogP contribution in [-0.2, 0) is 11.3 Å². The van der Waals surface area contributed by atoms with Crippen LogP contribution in [-0.4, -0.2) is 36.5 Å². The number of quaternary nitrogens is 1. The summed E-state index contributed by atoms with van der Waals surface area (Å²) in [4.78, 5) is 1.48. The van der Waals surface area contributed by atoms with Crippen molar-refractivity contribution in [2.24, 2.45) is 0 Å². The lowest BCUT2D eigenvalue weighted by Crippen LogP contribution is -3.09. The summed E-state index contributed by atoms with van der Waals surface area (Å²) in [6, 6.07) is 8.35. The Bertz CT molecular complexity index is 549. The van der Waals surface area contributed by atoms with Crippen molar-refractivity contribution in [2.75, 3.05) is 26.7 Å². The number of rotatable bonds is 3. The molecule has 1 aliphatic heterocycles. The molecule has 1 aromatic heterocycles. The molecule has 2 unspecified atom stereocenters. The lowest BCUT2D eigenvalue weighted by atomic mass is 10.1. The number of fused-ring (bicyclic) bond motifs is 3. The van der Waals surface area contributed by atoms with E-state index in [0.29, 0.717) is 0 Å². The van der Waals surface area contributed by atoms with E-state index in [1.807, 2.05) is 6.07 Å². The van der Waals surface area contributed by atoms with Gasteiger partial charge < -0.3 is 9.64 Å². The minimum Gasteiger partial charge on any atom is -0.364 e. The molecule has 0 amide bonds. The fourth-order valence-corrected chi connectivity index (χ4v) is 2.59. The number of nitrogens with one attached hydrogen (secondary N) is 1. The fourth-order valence-electron chi connectivity index (χ4n) is 2.59. The second-order valence-electron chi connectivity index (χ2n) is 5.00. The van der Waals surface area contributed by atoms with E-state index in [4.69, 9.17) is 4.74 Å². The number of nitrogens with zero attached hydrogens (tertiary/aromatic N) is 2. The van der Waals surface area contributed by atoms with Crippen molar-refractivity contribution in [1.29, 1.82) is 0 Å². The maximum absolute atomic E-state index is 5.96. The molecule has 4 nitrogen and oxygen atoms in total. The van der Waals surface area contributed by atoms with Crippen molar-refractivity contribution in [3.05, 3.63) is 30.0 Å². The van der Waals surface area contributed by atoms with E-state index in [1.165, 1.54) is 16.0 Å². The van der Waals surface area contributed by atoms with Crippen molar-refractivity contribution in [1.82, 2.24) is 9.78 Å². The lowest BCUT2D eigenvalue weighted by molar-refractivity contribution is -0.882. The average molecular weight is 246 g/mol. The number of aromatic nitrogens is 2. The van der Waals surface area contributed by atoms with Gasteiger partial charge in [0.15, 0.2) is 0 Å². The first-order valence-corrected chi connectivity index (χ1v) is 6.68. The number of hydrogen-bond acceptors (Lipinski definition) is 2. The van der Waals surface area contributed by atoms with Gasteiger partial charge in [-0.25, -0.2) is 0 Å². The molecule has 1 aliphatic rings. The van der Waals surface area contributed by atoms with Gasteiger partial charge in [0.2, 0.25) is 0 Å². The van der Waals surface area contributed by atoms with Crippen LogP contribution in [0.1, 0.15) is 18.7 Å². The Kier molecular flexibility index (Phi) is 3.06. The molecular formula is C14H20N3O+. The van der Waals surface area contributed by atoms with Gasteiger partial charge >= 0.3 is 0 Å². The number of benzene rings is 1. The zero-order chi connectivity index (χ0) is 12.5. The summed E-state index contributed by atoms with van der Waals surface area (Å²) >= 11 is 0. The SMILES string of the molecule is CC[NH+](C)CC1OCCn2nc3ccccc3c21. The van der Waals surface area contributed by atoms with Crippen LogP contribution >= 0.6 is 0 Å². The van der Waals surface area contributed by atoms with Crippen LogP contribution in [0.25, 0.3) is 10.9 Å². The van der Waals surface area contributed by atoms with Crippen LogP contribution in [0.5, 0.6) is 0 Å². The molecule has 0 spiro atoms. The summed E-state index contributed by atoms with van der Waals surface area (Å²) in [5.74, 6) is 0. The van der Waals surface area contributed by atoms with Gasteiger partial charge in [-0.1, -0.05) is 18.2 Å². The van der Waals surface area contributed by atoms with Gasteiger partial charge in [-0.15, -0.1) is 0 Å². The van der Waals surface area contributed by atoms with Gasteiger partial charge in [-0.2, -0.15) is 5.10 Å². The van der Waals surface area contributed by atoms with E-state index < -0.39 is 0 Å². The van der Waals surface area contributed by atoms with Crippen LogP contribution in [0.15, 0.2) is 24.3 Å². The first-order valence-electron chi connectivity index (χ1n) is 6.68. The maximum Gasteiger partial charge on any atom is 0.148 e. The quantitative estimate of drug-likeness (QED) is 0.862. The summed E-state index contributed by atoms with van der Waals surface area (Å²) in [6.45, 7) is 5.96. The second-order valence-corrected chi connectivity index (χ2v) is 5.00. The Morgan fingerprint density at radius 2 is 2.28 bits per heavy atom. The highest BCUT2D eigenvalue weighted by Gasteiger charge is 2.27. The van der Waals surface area contributed by atoms with E-state index >= 15 is 0 Å². The summed E-state index contributed by atoms with van der Waals surface area (Å²) in [5.41, 5.74) is 2.34. The van der Waals surface area contributed by atoms with Crippen molar-refractivity contribution >= 4 is 10.9 Å². The highest BCUT2D eigenvalue weighted by molar-refractivity contribution is 5.81. The Hall–Kier alpha value is -1.39. The molecule has 0 saturated carbocycles. The van der Waals surface area contributed by atoms with Crippen molar-refractivity contribution in [2.45, 2.75) is 19.6 Å². The summed E-state index contributed by atoms with van der Waals surface area (Å²) in [7, 11) is 2.21. The van der Waals surface area contributed by atoms with Crippen LogP contribution in [0.2, 0.25) is 0 Å². The topological polar surface area (TPSA) is 31.5 Å². The van der Waals surface area contributed by atoms with Crippen LogP contribution in [0.4, 0.5) is 0 Å². The van der Waals surface area contributed by atoms with Crippen molar-refractivity contribution in [3.63, 3.8) is 0 Å². The molecule has 0 aliphatic carbocycles. The van der Waals surface area contributed by atoms with Gasteiger partial charge in [0, 0.05) is 5.39 Å². The molecule has 4 heteroatoms. The molecule has 0 fully saturated rings. The zero-order valence-electron chi connectivity index (χ0n) is 11.0. The summed E-state index contributed by atoms with van der Waals surface area (Å²) < 4.78 is 8.09. The molecule has 2 aromatic rings. The first-order chi connectivity index (χ1) is 8.79. The molecule has 2 heterocycles. The minimum absolute atomic E-state index is 0.172. The predicted octanol–water partition coefficient (Wildman–Crippen LogP) is 0.642. The smallest absolute Gasteiger partial charge is 0.148 e. The zero-order valence-corrected chi connectivity index (χ0v) is 11.0. The van der Waals surface area contributed by atoms with Gasteiger partial charge in [-0.05, 0) is 13.0 Å². The molecule has 1 aromatic carbocycles. The van der Waals surface area contributed by atoms with E-state index in [1.54, 1.807) is 0 Å². The molecule has 0 radical (unpaired) electrons. The second kappa shape index (κ2) is 4.71. The minimum atomic E-state index is 0.172. The number of ether oxygens (including phenoxy) is 1. The largest absolute Gasteiger partial charge is 0.364 e. The number of hydrogen-bond donors (Lipinski definition) is 1. The average Bonchev–Trinajstić information content (AvgIpc) is 2.78. The summed E-state index contributed by atoms with van der Waals surface area (Å²) in [5, 5.41) is 5.91.